The molecule has 0 aromatic carbocycles. The van der Waals surface area contributed by atoms with Crippen molar-refractivity contribution in [1.29, 1.82) is 0 Å². The van der Waals surface area contributed by atoms with Crippen molar-refractivity contribution in [3.05, 3.63) is 23.8 Å². The van der Waals surface area contributed by atoms with E-state index in [9.17, 15) is 5.11 Å². The quantitative estimate of drug-likeness (QED) is 0.632. The standard InChI is InChI=1S/C15H28O/c1-13(2)9-8-11-14(3)10-6-7-12-15(4,5)16/h7,9,12,14,16H,6,8,10-11H2,1-5H3. The van der Waals surface area contributed by atoms with Gasteiger partial charge in [0, 0.05) is 0 Å². The van der Waals surface area contributed by atoms with Gasteiger partial charge in [-0.05, 0) is 59.3 Å². The molecule has 1 nitrogen and oxygen atoms in total. The molecule has 0 saturated carbocycles. The Morgan fingerprint density at radius 1 is 1.19 bits per heavy atom. The summed E-state index contributed by atoms with van der Waals surface area (Å²) in [7, 11) is 0. The Kier molecular flexibility index (Phi) is 7.40. The van der Waals surface area contributed by atoms with Crippen LogP contribution in [0.1, 0.15) is 60.3 Å². The van der Waals surface area contributed by atoms with Crippen LogP contribution in [0.4, 0.5) is 0 Å². The molecule has 1 N–H and O–H groups in total. The lowest BCUT2D eigenvalue weighted by atomic mass is 9.98. The van der Waals surface area contributed by atoms with Crippen molar-refractivity contribution < 1.29 is 5.11 Å². The van der Waals surface area contributed by atoms with E-state index in [1.807, 2.05) is 19.9 Å². The molecule has 0 aliphatic heterocycles. The molecule has 0 spiro atoms. The minimum atomic E-state index is -0.661. The fraction of sp³-hybridized carbons (Fsp3) is 0.733. The Morgan fingerprint density at radius 3 is 2.25 bits per heavy atom. The normalized spacial score (nSPS) is 14.1. The van der Waals surface area contributed by atoms with E-state index in [2.05, 4.69) is 32.9 Å². The molecule has 0 aromatic rings. The number of hydrogen-bond acceptors (Lipinski definition) is 1. The lowest BCUT2D eigenvalue weighted by molar-refractivity contribution is 0.133. The van der Waals surface area contributed by atoms with Gasteiger partial charge < -0.3 is 5.11 Å². The van der Waals surface area contributed by atoms with Crippen LogP contribution in [0.5, 0.6) is 0 Å². The highest BCUT2D eigenvalue weighted by atomic mass is 16.3. The number of hydrogen-bond donors (Lipinski definition) is 1. The van der Waals surface area contributed by atoms with Gasteiger partial charge in [-0.1, -0.05) is 30.7 Å². The van der Waals surface area contributed by atoms with Crippen molar-refractivity contribution in [2.75, 3.05) is 0 Å². The lowest BCUT2D eigenvalue weighted by Crippen LogP contribution is -2.13. The van der Waals surface area contributed by atoms with E-state index in [0.29, 0.717) is 0 Å². The Bertz CT molecular complexity index is 226. The van der Waals surface area contributed by atoms with Crippen LogP contribution in [0.3, 0.4) is 0 Å². The molecule has 0 heterocycles. The van der Waals surface area contributed by atoms with Crippen LogP contribution < -0.4 is 0 Å². The Balaban J connectivity index is 3.62. The summed E-state index contributed by atoms with van der Waals surface area (Å²) in [6.45, 7) is 10.2. The van der Waals surface area contributed by atoms with Crippen LogP contribution >= 0.6 is 0 Å². The zero-order chi connectivity index (χ0) is 12.6. The predicted molar refractivity (Wildman–Crippen MR) is 72.5 cm³/mol. The molecule has 0 fully saturated rings. The maximum absolute atomic E-state index is 9.49. The second kappa shape index (κ2) is 7.67. The van der Waals surface area contributed by atoms with Crippen molar-refractivity contribution >= 4 is 0 Å². The summed E-state index contributed by atoms with van der Waals surface area (Å²) < 4.78 is 0. The van der Waals surface area contributed by atoms with Crippen LogP contribution in [0.2, 0.25) is 0 Å². The summed E-state index contributed by atoms with van der Waals surface area (Å²) >= 11 is 0. The van der Waals surface area contributed by atoms with E-state index in [1.165, 1.54) is 24.8 Å². The van der Waals surface area contributed by atoms with Crippen molar-refractivity contribution in [3.8, 4) is 0 Å². The second-order valence-corrected chi connectivity index (χ2v) is 5.60. The highest BCUT2D eigenvalue weighted by Gasteiger charge is 2.05. The minimum Gasteiger partial charge on any atom is -0.386 e. The summed E-state index contributed by atoms with van der Waals surface area (Å²) in [6, 6.07) is 0. The molecule has 0 bridgehead atoms. The molecular formula is C15H28O. The molecule has 0 aliphatic rings. The van der Waals surface area contributed by atoms with Gasteiger partial charge in [-0.25, -0.2) is 0 Å². The first-order chi connectivity index (χ1) is 7.31. The molecule has 1 atom stereocenters. The van der Waals surface area contributed by atoms with Crippen LogP contribution in [0.25, 0.3) is 0 Å². The Morgan fingerprint density at radius 2 is 1.75 bits per heavy atom. The molecule has 16 heavy (non-hydrogen) atoms. The third-order valence-electron chi connectivity index (χ3n) is 2.56. The third-order valence-corrected chi connectivity index (χ3v) is 2.56. The summed E-state index contributed by atoms with van der Waals surface area (Å²) in [5.41, 5.74) is 0.750. The van der Waals surface area contributed by atoms with Crippen molar-refractivity contribution in [2.24, 2.45) is 5.92 Å². The Hall–Kier alpha value is -0.560. The van der Waals surface area contributed by atoms with Gasteiger partial charge in [0.2, 0.25) is 0 Å². The fourth-order valence-electron chi connectivity index (χ4n) is 1.55. The van der Waals surface area contributed by atoms with Gasteiger partial charge in [-0.2, -0.15) is 0 Å². The van der Waals surface area contributed by atoms with Crippen molar-refractivity contribution in [1.82, 2.24) is 0 Å². The lowest BCUT2D eigenvalue weighted by Gasteiger charge is -2.11. The van der Waals surface area contributed by atoms with Gasteiger partial charge >= 0.3 is 0 Å². The van der Waals surface area contributed by atoms with Gasteiger partial charge in [-0.3, -0.25) is 0 Å². The first-order valence-corrected chi connectivity index (χ1v) is 6.34. The van der Waals surface area contributed by atoms with Crippen LogP contribution in [-0.2, 0) is 0 Å². The fourth-order valence-corrected chi connectivity index (χ4v) is 1.55. The van der Waals surface area contributed by atoms with Gasteiger partial charge in [0.25, 0.3) is 0 Å². The second-order valence-electron chi connectivity index (χ2n) is 5.60. The number of allylic oxidation sites excluding steroid dienone is 3. The van der Waals surface area contributed by atoms with E-state index in [4.69, 9.17) is 0 Å². The Labute approximate surface area is 101 Å². The predicted octanol–water partition coefficient (Wildman–Crippen LogP) is 4.48. The van der Waals surface area contributed by atoms with Gasteiger partial charge in [0.15, 0.2) is 0 Å². The van der Waals surface area contributed by atoms with Crippen LogP contribution in [0.15, 0.2) is 23.8 Å². The third kappa shape index (κ3) is 11.5. The molecule has 0 amide bonds. The molecular weight excluding hydrogens is 196 g/mol. The topological polar surface area (TPSA) is 20.2 Å². The molecule has 0 aliphatic carbocycles. The molecule has 0 rings (SSSR count). The molecule has 1 heteroatoms. The number of aliphatic hydroxyl groups is 1. The number of rotatable bonds is 7. The molecule has 94 valence electrons. The average Bonchev–Trinajstić information content (AvgIpc) is 2.10. The maximum atomic E-state index is 9.49. The van der Waals surface area contributed by atoms with E-state index in [1.54, 1.807) is 0 Å². The molecule has 0 saturated heterocycles. The van der Waals surface area contributed by atoms with Crippen LogP contribution in [-0.4, -0.2) is 10.7 Å². The van der Waals surface area contributed by atoms with E-state index >= 15 is 0 Å². The molecule has 0 aromatic heterocycles. The maximum Gasteiger partial charge on any atom is 0.0771 e. The van der Waals surface area contributed by atoms with E-state index in [-0.39, 0.29) is 0 Å². The summed E-state index contributed by atoms with van der Waals surface area (Å²) in [4.78, 5) is 0. The minimum absolute atomic E-state index is 0.661. The molecule has 1 unspecified atom stereocenters. The zero-order valence-corrected chi connectivity index (χ0v) is 11.6. The average molecular weight is 224 g/mol. The summed E-state index contributed by atoms with van der Waals surface area (Å²) in [6.07, 6.45) is 11.0. The van der Waals surface area contributed by atoms with Crippen molar-refractivity contribution in [3.63, 3.8) is 0 Å². The summed E-state index contributed by atoms with van der Waals surface area (Å²) in [5, 5.41) is 9.49. The van der Waals surface area contributed by atoms with Gasteiger partial charge in [-0.15, -0.1) is 0 Å². The summed E-state index contributed by atoms with van der Waals surface area (Å²) in [5.74, 6) is 0.766. The molecule has 0 radical (unpaired) electrons. The van der Waals surface area contributed by atoms with E-state index in [0.717, 1.165) is 12.3 Å². The van der Waals surface area contributed by atoms with E-state index < -0.39 is 5.60 Å². The largest absolute Gasteiger partial charge is 0.386 e. The van der Waals surface area contributed by atoms with Gasteiger partial charge in [0.05, 0.1) is 5.60 Å². The smallest absolute Gasteiger partial charge is 0.0771 e. The first kappa shape index (κ1) is 15.4. The monoisotopic (exact) mass is 224 g/mol. The zero-order valence-electron chi connectivity index (χ0n) is 11.6. The highest BCUT2D eigenvalue weighted by Crippen LogP contribution is 2.15. The first-order valence-electron chi connectivity index (χ1n) is 6.34. The highest BCUT2D eigenvalue weighted by molar-refractivity contribution is 4.95. The van der Waals surface area contributed by atoms with Crippen LogP contribution in [0, 0.1) is 5.92 Å². The van der Waals surface area contributed by atoms with Gasteiger partial charge in [0.1, 0.15) is 0 Å². The van der Waals surface area contributed by atoms with Crippen molar-refractivity contribution in [2.45, 2.75) is 65.9 Å². The SMILES string of the molecule is CC(C)=CCCC(C)CCC=CC(C)(C)O.